The topological polar surface area (TPSA) is 199 Å². The third-order valence-corrected chi connectivity index (χ3v) is 5.28. The molecule has 0 rings (SSSR count). The van der Waals surface area contributed by atoms with Crippen LogP contribution in [-0.2, 0) is 15.1 Å². The summed E-state index contributed by atoms with van der Waals surface area (Å²) in [7, 11) is -5.17. The van der Waals surface area contributed by atoms with E-state index in [1.54, 1.807) is 0 Å². The van der Waals surface area contributed by atoms with E-state index in [-0.39, 0.29) is 30.9 Å². The van der Waals surface area contributed by atoms with Crippen LogP contribution in [-0.4, -0.2) is 30.7 Å². The SMILES string of the molecule is CCCCCCCCCCCCOCCCCCCCCCCCC.O=S(=O)([O-])[O-].[Cl-].[NH4+].[NH4+].[NH4+]. The molecule has 0 aliphatic heterocycles. The predicted molar refractivity (Wildman–Crippen MR) is 143 cm³/mol. The van der Waals surface area contributed by atoms with Gasteiger partial charge in [-0.1, -0.05) is 129 Å². The van der Waals surface area contributed by atoms with Crippen LogP contribution in [0.1, 0.15) is 142 Å². The smallest absolute Gasteiger partial charge is 0.0466 e. The number of quaternary nitrogens is 3. The van der Waals surface area contributed by atoms with Crippen LogP contribution in [0.3, 0.4) is 0 Å². The summed E-state index contributed by atoms with van der Waals surface area (Å²) in [6, 6.07) is 0. The van der Waals surface area contributed by atoms with Crippen LogP contribution in [0.2, 0.25) is 0 Å². The first-order valence-corrected chi connectivity index (χ1v) is 14.0. The van der Waals surface area contributed by atoms with Crippen molar-refractivity contribution in [2.24, 2.45) is 0 Å². The number of unbranched alkanes of at least 4 members (excludes halogenated alkanes) is 18. The highest BCUT2D eigenvalue weighted by Gasteiger charge is 1.95. The summed E-state index contributed by atoms with van der Waals surface area (Å²) < 4.78 is 39.9. The highest BCUT2D eigenvalue weighted by atomic mass is 35.5. The number of hydrogen-bond acceptors (Lipinski definition) is 5. The van der Waals surface area contributed by atoms with Gasteiger partial charge in [-0.2, -0.15) is 0 Å². The average Bonchev–Trinajstić information content (AvgIpc) is 2.68. The molecule has 8 nitrogen and oxygen atoms in total. The van der Waals surface area contributed by atoms with Crippen molar-refractivity contribution in [1.82, 2.24) is 18.5 Å². The van der Waals surface area contributed by atoms with Gasteiger partial charge in [-0.3, -0.25) is 8.42 Å². The molecule has 0 saturated heterocycles. The molecule has 0 atom stereocenters. The van der Waals surface area contributed by atoms with Gasteiger partial charge in [-0.05, 0) is 12.8 Å². The Kier molecular flexibility index (Phi) is 55.8. The third kappa shape index (κ3) is 63.5. The lowest BCUT2D eigenvalue weighted by Gasteiger charge is -2.06. The van der Waals surface area contributed by atoms with Gasteiger partial charge in [-0.25, -0.2) is 0 Å². The van der Waals surface area contributed by atoms with Gasteiger partial charge in [0.2, 0.25) is 0 Å². The van der Waals surface area contributed by atoms with Crippen LogP contribution in [0.5, 0.6) is 0 Å². The molecular formula is C24H62ClN3O5S. The number of hydrogen-bond donors (Lipinski definition) is 3. The van der Waals surface area contributed by atoms with Crippen molar-refractivity contribution in [2.75, 3.05) is 13.2 Å². The van der Waals surface area contributed by atoms with Crippen LogP contribution in [0.25, 0.3) is 0 Å². The minimum atomic E-state index is -5.17. The van der Waals surface area contributed by atoms with E-state index < -0.39 is 10.4 Å². The van der Waals surface area contributed by atoms with Gasteiger partial charge in [0, 0.05) is 23.6 Å². The van der Waals surface area contributed by atoms with Crippen LogP contribution < -0.4 is 30.9 Å². The Morgan fingerprint density at radius 1 is 0.471 bits per heavy atom. The van der Waals surface area contributed by atoms with Crippen molar-refractivity contribution >= 4 is 10.4 Å². The first-order valence-electron chi connectivity index (χ1n) is 12.7. The molecule has 0 aliphatic rings. The number of rotatable bonds is 22. The Morgan fingerprint density at radius 2 is 0.647 bits per heavy atom. The Hall–Kier alpha value is -0.0000000000000000971. The molecule has 0 amide bonds. The fourth-order valence-corrected chi connectivity index (χ4v) is 3.49. The maximum absolute atomic E-state index is 8.52. The lowest BCUT2D eigenvalue weighted by molar-refractivity contribution is -0.0000160. The van der Waals surface area contributed by atoms with Crippen LogP contribution in [0.15, 0.2) is 0 Å². The monoisotopic (exact) mass is 539 g/mol. The van der Waals surface area contributed by atoms with E-state index in [0.717, 1.165) is 13.2 Å². The zero-order chi connectivity index (χ0) is 22.8. The second-order valence-electron chi connectivity index (χ2n) is 8.38. The summed E-state index contributed by atoms with van der Waals surface area (Å²) in [6.07, 6.45) is 28.2. The maximum Gasteiger partial charge on any atom is 0.0466 e. The molecule has 0 aromatic heterocycles. The predicted octanol–water partition coefficient (Wildman–Crippen LogP) is 5.64. The van der Waals surface area contributed by atoms with Crippen molar-refractivity contribution < 1.29 is 34.7 Å². The maximum atomic E-state index is 8.52. The summed E-state index contributed by atoms with van der Waals surface area (Å²) in [4.78, 5) is 0. The molecule has 0 aromatic carbocycles. The van der Waals surface area contributed by atoms with E-state index in [2.05, 4.69) is 13.8 Å². The average molecular weight is 540 g/mol. The second-order valence-corrected chi connectivity index (χ2v) is 9.20. The molecular weight excluding hydrogens is 478 g/mol. The molecule has 0 fully saturated rings. The second kappa shape index (κ2) is 40.2. The molecule has 0 spiro atoms. The van der Waals surface area contributed by atoms with Crippen LogP contribution in [0.4, 0.5) is 0 Å². The fraction of sp³-hybridized carbons (Fsp3) is 1.00. The zero-order valence-corrected chi connectivity index (χ0v) is 25.0. The molecule has 34 heavy (non-hydrogen) atoms. The molecule has 10 heteroatoms. The lowest BCUT2D eigenvalue weighted by atomic mass is 10.1. The Morgan fingerprint density at radius 3 is 0.853 bits per heavy atom. The first kappa shape index (κ1) is 47.2. The third-order valence-electron chi connectivity index (χ3n) is 5.28. The van der Waals surface area contributed by atoms with Crippen molar-refractivity contribution in [2.45, 2.75) is 142 Å². The highest BCUT2D eigenvalue weighted by molar-refractivity contribution is 7.79. The van der Waals surface area contributed by atoms with Crippen molar-refractivity contribution in [3.05, 3.63) is 0 Å². The van der Waals surface area contributed by atoms with E-state index in [4.69, 9.17) is 22.3 Å². The zero-order valence-electron chi connectivity index (χ0n) is 23.4. The van der Waals surface area contributed by atoms with Gasteiger partial charge < -0.3 is 44.7 Å². The van der Waals surface area contributed by atoms with Gasteiger partial charge in [-0.15, -0.1) is 0 Å². The molecule has 0 unspecified atom stereocenters. The normalized spacial score (nSPS) is 10.0. The molecule has 216 valence electrons. The molecule has 0 saturated carbocycles. The largest absolute Gasteiger partial charge is 1.00 e. The van der Waals surface area contributed by atoms with E-state index in [1.807, 2.05) is 0 Å². The summed E-state index contributed by atoms with van der Waals surface area (Å²) in [5.74, 6) is 0. The highest BCUT2D eigenvalue weighted by Crippen LogP contribution is 2.12. The van der Waals surface area contributed by atoms with Crippen LogP contribution in [0, 0.1) is 0 Å². The minimum Gasteiger partial charge on any atom is -1.00 e. The van der Waals surface area contributed by atoms with E-state index in [1.165, 1.54) is 128 Å². The molecule has 0 aliphatic carbocycles. The van der Waals surface area contributed by atoms with Crippen LogP contribution >= 0.6 is 0 Å². The van der Waals surface area contributed by atoms with Gasteiger partial charge in [0.15, 0.2) is 0 Å². The van der Waals surface area contributed by atoms with E-state index >= 15 is 0 Å². The molecule has 0 aromatic rings. The van der Waals surface area contributed by atoms with Gasteiger partial charge in [0.25, 0.3) is 0 Å². The summed E-state index contributed by atoms with van der Waals surface area (Å²) >= 11 is 0. The minimum absolute atomic E-state index is 0. The number of halogens is 1. The number of ether oxygens (including phenoxy) is 1. The quantitative estimate of drug-likeness (QED) is 0.0905. The van der Waals surface area contributed by atoms with Crippen molar-refractivity contribution in [3.63, 3.8) is 0 Å². The van der Waals surface area contributed by atoms with Crippen molar-refractivity contribution in [1.29, 1.82) is 0 Å². The fourth-order valence-electron chi connectivity index (χ4n) is 3.49. The summed E-state index contributed by atoms with van der Waals surface area (Å²) in [5.41, 5.74) is 0. The molecule has 12 N–H and O–H groups in total. The van der Waals surface area contributed by atoms with E-state index in [0.29, 0.717) is 0 Å². The van der Waals surface area contributed by atoms with Gasteiger partial charge >= 0.3 is 0 Å². The molecule has 0 radical (unpaired) electrons. The Labute approximate surface area is 218 Å². The summed E-state index contributed by atoms with van der Waals surface area (Å²) in [5, 5.41) is 0. The summed E-state index contributed by atoms with van der Waals surface area (Å²) in [6.45, 7) is 6.57. The van der Waals surface area contributed by atoms with Gasteiger partial charge in [0.1, 0.15) is 0 Å². The van der Waals surface area contributed by atoms with E-state index in [9.17, 15) is 0 Å². The first-order chi connectivity index (χ1) is 14.4. The standard InChI is InChI=1S/C24H50O.ClH.3H3N.H2O4S/c1-3-5-7-9-11-13-15-17-19-21-23-25-24-22-20-18-16-14-12-10-8-6-4-2;;;;;1-5(2,3)4/h3-24H2,1-2H3;1H;3*1H3;(H2,1,2,3,4). The van der Waals surface area contributed by atoms with Crippen molar-refractivity contribution in [3.8, 4) is 0 Å². The molecule has 0 bridgehead atoms. The molecule has 0 heterocycles. The lowest BCUT2D eigenvalue weighted by Crippen LogP contribution is -3.00. The Bertz CT molecular complexity index is 389. The Balaban J connectivity index is -0.000000196. The van der Waals surface area contributed by atoms with Gasteiger partial charge in [0.05, 0.1) is 0 Å².